The van der Waals surface area contributed by atoms with E-state index in [1.165, 1.54) is 11.8 Å². The van der Waals surface area contributed by atoms with Crippen molar-refractivity contribution in [1.82, 2.24) is 14.8 Å². The molecule has 3 rings (SSSR count). The van der Waals surface area contributed by atoms with E-state index in [-0.39, 0.29) is 5.91 Å². The van der Waals surface area contributed by atoms with Crippen LogP contribution in [0.5, 0.6) is 0 Å². The molecule has 0 spiro atoms. The molecule has 0 unspecified atom stereocenters. The third-order valence-electron chi connectivity index (χ3n) is 3.25. The van der Waals surface area contributed by atoms with Crippen molar-refractivity contribution < 1.29 is 4.79 Å². The maximum atomic E-state index is 12.1. The number of nitrogens with zero attached hydrogens (tertiary/aromatic N) is 3. The molecule has 0 aliphatic rings. The highest BCUT2D eigenvalue weighted by atomic mass is 35.5. The first-order valence-electron chi connectivity index (χ1n) is 7.29. The fourth-order valence-corrected chi connectivity index (χ4v) is 2.90. The number of nitrogens with one attached hydrogen (secondary N) is 1. The zero-order valence-electron chi connectivity index (χ0n) is 12.7. The summed E-state index contributed by atoms with van der Waals surface area (Å²) in [6.07, 6.45) is 5.09. The van der Waals surface area contributed by atoms with E-state index in [1.807, 2.05) is 36.4 Å². The van der Waals surface area contributed by atoms with Gasteiger partial charge >= 0.3 is 0 Å². The molecule has 0 atom stereocenters. The van der Waals surface area contributed by atoms with E-state index in [4.69, 9.17) is 11.6 Å². The number of benzene rings is 1. The molecule has 0 radical (unpaired) electrons. The van der Waals surface area contributed by atoms with Gasteiger partial charge in [-0.25, -0.2) is 4.68 Å². The van der Waals surface area contributed by atoms with Crippen molar-refractivity contribution in [3.05, 3.63) is 71.6 Å². The minimum atomic E-state index is -0.0744. The van der Waals surface area contributed by atoms with Crippen LogP contribution >= 0.6 is 23.4 Å². The maximum Gasteiger partial charge on any atom is 0.235 e. The van der Waals surface area contributed by atoms with Crippen LogP contribution in [0.1, 0.15) is 5.56 Å². The molecule has 0 bridgehead atoms. The molecule has 0 aliphatic heterocycles. The van der Waals surface area contributed by atoms with Gasteiger partial charge in [0.1, 0.15) is 5.82 Å². The highest BCUT2D eigenvalue weighted by Crippen LogP contribution is 2.17. The van der Waals surface area contributed by atoms with Crippen molar-refractivity contribution >= 4 is 35.1 Å². The molecular formula is C17H15ClN4OS. The predicted octanol–water partition coefficient (Wildman–Crippen LogP) is 3.71. The lowest BCUT2D eigenvalue weighted by atomic mass is 10.2. The van der Waals surface area contributed by atoms with E-state index in [0.29, 0.717) is 23.1 Å². The molecule has 1 amide bonds. The van der Waals surface area contributed by atoms with Crippen LogP contribution in [0.2, 0.25) is 5.02 Å². The largest absolute Gasteiger partial charge is 0.310 e. The number of hydrogen-bond acceptors (Lipinski definition) is 4. The molecule has 2 heterocycles. The molecule has 3 aromatic rings. The van der Waals surface area contributed by atoms with Gasteiger partial charge in [0.2, 0.25) is 5.91 Å². The Hall–Kier alpha value is -2.31. The first kappa shape index (κ1) is 16.5. The summed E-state index contributed by atoms with van der Waals surface area (Å²) in [4.78, 5) is 17.1. The van der Waals surface area contributed by atoms with Gasteiger partial charge in [0, 0.05) is 28.4 Å². The molecule has 5 nitrogen and oxygen atoms in total. The van der Waals surface area contributed by atoms with Crippen molar-refractivity contribution in [3.8, 4) is 0 Å². The second kappa shape index (κ2) is 7.99. The number of rotatable bonds is 6. The third kappa shape index (κ3) is 4.59. The zero-order valence-corrected chi connectivity index (χ0v) is 14.3. The van der Waals surface area contributed by atoms with Crippen molar-refractivity contribution in [2.24, 2.45) is 0 Å². The van der Waals surface area contributed by atoms with Crippen LogP contribution in [0, 0.1) is 0 Å². The molecule has 0 fully saturated rings. The van der Waals surface area contributed by atoms with Gasteiger partial charge < -0.3 is 5.32 Å². The van der Waals surface area contributed by atoms with Crippen LogP contribution in [0.3, 0.4) is 0 Å². The molecule has 2 aromatic heterocycles. The van der Waals surface area contributed by atoms with Crippen molar-refractivity contribution in [1.29, 1.82) is 0 Å². The standard InChI is InChI=1S/C17H15ClN4OS/c18-14-3-1-13(2-4-14)11-22-16(7-10-20-22)21-17(23)12-24-15-5-8-19-9-6-15/h1-10H,11-12H2,(H,21,23). The van der Waals surface area contributed by atoms with Gasteiger partial charge in [-0.2, -0.15) is 5.10 Å². The number of halogens is 1. The van der Waals surface area contributed by atoms with Crippen LogP contribution in [0.25, 0.3) is 0 Å². The Kier molecular flexibility index (Phi) is 5.51. The molecule has 0 aliphatic carbocycles. The molecule has 122 valence electrons. The zero-order chi connectivity index (χ0) is 16.8. The summed E-state index contributed by atoms with van der Waals surface area (Å²) in [6, 6.07) is 13.1. The van der Waals surface area contributed by atoms with E-state index >= 15 is 0 Å². The summed E-state index contributed by atoms with van der Waals surface area (Å²) >= 11 is 7.36. The lowest BCUT2D eigenvalue weighted by Crippen LogP contribution is -2.17. The second-order valence-corrected chi connectivity index (χ2v) is 6.51. The Morgan fingerprint density at radius 1 is 1.08 bits per heavy atom. The molecule has 0 saturated heterocycles. The normalized spacial score (nSPS) is 10.5. The van der Waals surface area contributed by atoms with Gasteiger partial charge in [-0.1, -0.05) is 23.7 Å². The SMILES string of the molecule is O=C(CSc1ccncc1)Nc1ccnn1Cc1ccc(Cl)cc1. The highest BCUT2D eigenvalue weighted by molar-refractivity contribution is 8.00. The highest BCUT2D eigenvalue weighted by Gasteiger charge is 2.08. The number of thioether (sulfide) groups is 1. The summed E-state index contributed by atoms with van der Waals surface area (Å²) < 4.78 is 1.75. The average molecular weight is 359 g/mol. The number of aromatic nitrogens is 3. The van der Waals surface area contributed by atoms with E-state index in [0.717, 1.165) is 10.5 Å². The summed E-state index contributed by atoms with van der Waals surface area (Å²) in [7, 11) is 0. The molecule has 0 saturated carbocycles. The van der Waals surface area contributed by atoms with E-state index < -0.39 is 0 Å². The van der Waals surface area contributed by atoms with Crippen LogP contribution in [0.15, 0.2) is 66.0 Å². The Labute approximate surface area is 149 Å². The predicted molar refractivity (Wildman–Crippen MR) is 96.4 cm³/mol. The minimum Gasteiger partial charge on any atom is -0.310 e. The molecule has 24 heavy (non-hydrogen) atoms. The van der Waals surface area contributed by atoms with Crippen LogP contribution in [0.4, 0.5) is 5.82 Å². The first-order chi connectivity index (χ1) is 11.7. The van der Waals surface area contributed by atoms with E-state index in [1.54, 1.807) is 29.3 Å². The Morgan fingerprint density at radius 2 is 1.83 bits per heavy atom. The fraction of sp³-hybridized carbons (Fsp3) is 0.118. The van der Waals surface area contributed by atoms with Crippen LogP contribution < -0.4 is 5.32 Å². The number of pyridine rings is 1. The monoisotopic (exact) mass is 358 g/mol. The third-order valence-corrected chi connectivity index (χ3v) is 4.51. The van der Waals surface area contributed by atoms with Gasteiger partial charge in [0.15, 0.2) is 0 Å². The maximum absolute atomic E-state index is 12.1. The van der Waals surface area contributed by atoms with Gasteiger partial charge in [0.25, 0.3) is 0 Å². The Bertz CT molecular complexity index is 805. The fourth-order valence-electron chi connectivity index (χ4n) is 2.09. The van der Waals surface area contributed by atoms with E-state index in [9.17, 15) is 4.79 Å². The lowest BCUT2D eigenvalue weighted by molar-refractivity contribution is -0.113. The number of carbonyl (C=O) groups is 1. The smallest absolute Gasteiger partial charge is 0.235 e. The molecule has 1 aromatic carbocycles. The van der Waals surface area contributed by atoms with Crippen molar-refractivity contribution in [3.63, 3.8) is 0 Å². The topological polar surface area (TPSA) is 59.8 Å². The van der Waals surface area contributed by atoms with Crippen molar-refractivity contribution in [2.75, 3.05) is 11.1 Å². The molecule has 7 heteroatoms. The number of hydrogen-bond donors (Lipinski definition) is 1. The van der Waals surface area contributed by atoms with Crippen LogP contribution in [-0.4, -0.2) is 26.4 Å². The summed E-state index contributed by atoms with van der Waals surface area (Å²) in [6.45, 7) is 0.567. The number of amides is 1. The summed E-state index contributed by atoms with van der Waals surface area (Å²) in [5.74, 6) is 0.927. The van der Waals surface area contributed by atoms with Gasteiger partial charge in [-0.3, -0.25) is 9.78 Å². The summed E-state index contributed by atoms with van der Waals surface area (Å²) in [5.41, 5.74) is 1.06. The van der Waals surface area contributed by atoms with Gasteiger partial charge in [-0.15, -0.1) is 11.8 Å². The number of carbonyl (C=O) groups excluding carboxylic acids is 1. The minimum absolute atomic E-state index is 0.0744. The Morgan fingerprint density at radius 3 is 2.58 bits per heavy atom. The molecule has 1 N–H and O–H groups in total. The van der Waals surface area contributed by atoms with Gasteiger partial charge in [0.05, 0.1) is 18.5 Å². The van der Waals surface area contributed by atoms with E-state index in [2.05, 4.69) is 15.4 Å². The van der Waals surface area contributed by atoms with Crippen molar-refractivity contribution in [2.45, 2.75) is 11.4 Å². The average Bonchev–Trinajstić information content (AvgIpc) is 3.03. The quantitative estimate of drug-likeness (QED) is 0.682. The second-order valence-electron chi connectivity index (χ2n) is 5.02. The summed E-state index contributed by atoms with van der Waals surface area (Å²) in [5, 5.41) is 7.85. The Balaban J connectivity index is 1.58. The lowest BCUT2D eigenvalue weighted by Gasteiger charge is -2.09. The van der Waals surface area contributed by atoms with Gasteiger partial charge in [-0.05, 0) is 29.8 Å². The number of anilines is 1. The van der Waals surface area contributed by atoms with Crippen LogP contribution in [-0.2, 0) is 11.3 Å². The first-order valence-corrected chi connectivity index (χ1v) is 8.66. The molecular weight excluding hydrogens is 344 g/mol.